The Bertz CT molecular complexity index is 1050. The number of halogens is 6. The number of Topliss-reactive ketones (excluding diaryl/α,β-unsaturated/α-hetero) is 1. The highest BCUT2D eigenvalue weighted by atomic mass is 19.4. The number of anilines is 1. The topological polar surface area (TPSA) is 40.6 Å². The molecule has 0 aliphatic carbocycles. The summed E-state index contributed by atoms with van der Waals surface area (Å²) in [7, 11) is 0. The molecule has 37 heavy (non-hydrogen) atoms. The Hall–Kier alpha value is -3.04. The van der Waals surface area contributed by atoms with E-state index < -0.39 is 35.7 Å². The number of amides is 1. The van der Waals surface area contributed by atoms with Crippen molar-refractivity contribution in [2.45, 2.75) is 51.9 Å². The normalized spacial score (nSPS) is 14.8. The maximum absolute atomic E-state index is 13.1. The Morgan fingerprint density at radius 3 is 1.70 bits per heavy atom. The van der Waals surface area contributed by atoms with E-state index in [1.165, 1.54) is 0 Å². The third-order valence-corrected chi connectivity index (χ3v) is 6.68. The summed E-state index contributed by atoms with van der Waals surface area (Å²) in [6.07, 6.45) is -8.94. The van der Waals surface area contributed by atoms with Crippen LogP contribution in [-0.2, 0) is 34.8 Å². The van der Waals surface area contributed by atoms with Crippen LogP contribution in [0.2, 0.25) is 0 Å². The molecule has 3 rings (SSSR count). The molecule has 1 aliphatic heterocycles. The zero-order valence-corrected chi connectivity index (χ0v) is 20.8. The Morgan fingerprint density at radius 1 is 0.757 bits per heavy atom. The third-order valence-electron chi connectivity index (χ3n) is 6.68. The van der Waals surface area contributed by atoms with Gasteiger partial charge < -0.3 is 9.80 Å². The molecule has 1 amide bonds. The van der Waals surface area contributed by atoms with Crippen molar-refractivity contribution in [1.29, 1.82) is 0 Å². The number of rotatable bonds is 8. The van der Waals surface area contributed by atoms with Crippen LogP contribution in [0.15, 0.2) is 42.5 Å². The van der Waals surface area contributed by atoms with Gasteiger partial charge >= 0.3 is 12.4 Å². The molecular formula is C27H30F6N2O2. The predicted molar refractivity (Wildman–Crippen MR) is 128 cm³/mol. The van der Waals surface area contributed by atoms with E-state index in [1.54, 1.807) is 12.1 Å². The number of alkyl halides is 6. The van der Waals surface area contributed by atoms with E-state index in [0.717, 1.165) is 18.5 Å². The minimum atomic E-state index is -4.96. The van der Waals surface area contributed by atoms with Crippen LogP contribution in [0.4, 0.5) is 32.0 Å². The molecule has 0 radical (unpaired) electrons. The van der Waals surface area contributed by atoms with Crippen LogP contribution in [0, 0.1) is 5.92 Å². The van der Waals surface area contributed by atoms with Gasteiger partial charge in [-0.1, -0.05) is 26.0 Å². The van der Waals surface area contributed by atoms with E-state index in [0.29, 0.717) is 43.9 Å². The van der Waals surface area contributed by atoms with Gasteiger partial charge in [0.05, 0.1) is 11.1 Å². The van der Waals surface area contributed by atoms with Crippen LogP contribution >= 0.6 is 0 Å². The Kier molecular flexibility index (Phi) is 8.92. The van der Waals surface area contributed by atoms with Crippen LogP contribution < -0.4 is 4.90 Å². The summed E-state index contributed by atoms with van der Waals surface area (Å²) >= 11 is 0. The summed E-state index contributed by atoms with van der Waals surface area (Å²) in [6.45, 7) is 6.59. The summed E-state index contributed by atoms with van der Waals surface area (Å²) in [4.78, 5) is 29.1. The summed E-state index contributed by atoms with van der Waals surface area (Å²) in [5.74, 6) is -0.269. The second-order valence-electron chi connectivity index (χ2n) is 9.30. The van der Waals surface area contributed by atoms with Gasteiger partial charge in [-0.15, -0.1) is 0 Å². The fourth-order valence-electron chi connectivity index (χ4n) is 4.54. The molecule has 0 aromatic heterocycles. The summed E-state index contributed by atoms with van der Waals surface area (Å²) in [5, 5.41) is 0. The van der Waals surface area contributed by atoms with Gasteiger partial charge in [0.1, 0.15) is 5.78 Å². The SMILES string of the molecule is CCC(CC)C(=O)N1CCN(c2ccc(CC(=O)Cc3cc(C(F)(F)F)cc(C(F)(F)F)c3)cc2)CC1. The van der Waals surface area contributed by atoms with Crippen molar-refractivity contribution in [3.63, 3.8) is 0 Å². The van der Waals surface area contributed by atoms with Crippen LogP contribution in [-0.4, -0.2) is 42.8 Å². The summed E-state index contributed by atoms with van der Waals surface area (Å²) < 4.78 is 78.4. The highest BCUT2D eigenvalue weighted by molar-refractivity contribution is 5.83. The molecule has 4 nitrogen and oxygen atoms in total. The molecule has 202 valence electrons. The van der Waals surface area contributed by atoms with Crippen molar-refractivity contribution >= 4 is 17.4 Å². The quantitative estimate of drug-likeness (QED) is 0.385. The van der Waals surface area contributed by atoms with Gasteiger partial charge in [0.15, 0.2) is 0 Å². The van der Waals surface area contributed by atoms with E-state index >= 15 is 0 Å². The Morgan fingerprint density at radius 2 is 1.24 bits per heavy atom. The number of carbonyl (C=O) groups is 2. The second-order valence-corrected chi connectivity index (χ2v) is 9.30. The molecule has 1 heterocycles. The molecule has 0 atom stereocenters. The van der Waals surface area contributed by atoms with Gasteiger partial charge in [-0.25, -0.2) is 0 Å². The summed E-state index contributed by atoms with van der Waals surface area (Å²) in [6, 6.07) is 8.33. The lowest BCUT2D eigenvalue weighted by atomic mass is 9.98. The van der Waals surface area contributed by atoms with E-state index in [9.17, 15) is 35.9 Å². The largest absolute Gasteiger partial charge is 0.416 e. The van der Waals surface area contributed by atoms with E-state index in [1.807, 2.05) is 30.9 Å². The molecule has 2 aromatic rings. The van der Waals surface area contributed by atoms with Gasteiger partial charge in [0, 0.05) is 50.6 Å². The van der Waals surface area contributed by atoms with Gasteiger partial charge in [0.25, 0.3) is 0 Å². The first-order chi connectivity index (χ1) is 17.3. The summed E-state index contributed by atoms with van der Waals surface area (Å²) in [5.41, 5.74) is -1.67. The number of piperazine rings is 1. The fraction of sp³-hybridized carbons (Fsp3) is 0.481. The maximum Gasteiger partial charge on any atom is 0.416 e. The lowest BCUT2D eigenvalue weighted by molar-refractivity contribution is -0.143. The smallest absolute Gasteiger partial charge is 0.368 e. The number of nitrogens with zero attached hydrogens (tertiary/aromatic N) is 2. The molecule has 10 heteroatoms. The maximum atomic E-state index is 13.1. The van der Waals surface area contributed by atoms with Crippen molar-refractivity contribution in [2.24, 2.45) is 5.92 Å². The third kappa shape index (κ3) is 7.49. The average molecular weight is 529 g/mol. The number of hydrogen-bond acceptors (Lipinski definition) is 3. The number of ketones is 1. The molecule has 0 unspecified atom stereocenters. The first kappa shape index (κ1) is 28.5. The zero-order valence-electron chi connectivity index (χ0n) is 20.8. The molecule has 1 aliphatic rings. The van der Waals surface area contributed by atoms with Gasteiger partial charge in [-0.2, -0.15) is 26.3 Å². The first-order valence-electron chi connectivity index (χ1n) is 12.2. The van der Waals surface area contributed by atoms with Crippen LogP contribution in [0.5, 0.6) is 0 Å². The van der Waals surface area contributed by atoms with Gasteiger partial charge in [0.2, 0.25) is 5.91 Å². The van der Waals surface area contributed by atoms with Crippen molar-refractivity contribution in [1.82, 2.24) is 4.90 Å². The fourth-order valence-corrected chi connectivity index (χ4v) is 4.54. The van der Waals surface area contributed by atoms with Gasteiger partial charge in [-0.05, 0) is 54.3 Å². The van der Waals surface area contributed by atoms with Crippen molar-refractivity contribution < 1.29 is 35.9 Å². The molecule has 0 saturated carbocycles. The molecule has 1 fully saturated rings. The first-order valence-corrected chi connectivity index (χ1v) is 12.2. The number of benzene rings is 2. The lowest BCUT2D eigenvalue weighted by Gasteiger charge is -2.37. The Labute approximate surface area is 212 Å². The monoisotopic (exact) mass is 528 g/mol. The molecular weight excluding hydrogens is 498 g/mol. The van der Waals surface area contributed by atoms with Crippen molar-refractivity contribution in [2.75, 3.05) is 31.1 Å². The number of hydrogen-bond donors (Lipinski definition) is 0. The van der Waals surface area contributed by atoms with E-state index in [2.05, 4.69) is 4.90 Å². The lowest BCUT2D eigenvalue weighted by Crippen LogP contribution is -2.50. The van der Waals surface area contributed by atoms with Crippen LogP contribution in [0.25, 0.3) is 0 Å². The van der Waals surface area contributed by atoms with Crippen molar-refractivity contribution in [3.8, 4) is 0 Å². The molecule has 0 spiro atoms. The zero-order chi connectivity index (χ0) is 27.4. The van der Waals surface area contributed by atoms with E-state index in [4.69, 9.17) is 0 Å². The molecule has 0 bridgehead atoms. The predicted octanol–water partition coefficient (Wildman–Crippen LogP) is 6.16. The van der Waals surface area contributed by atoms with E-state index in [-0.39, 0.29) is 29.9 Å². The van der Waals surface area contributed by atoms with Crippen LogP contribution in [0.3, 0.4) is 0 Å². The highest BCUT2D eigenvalue weighted by Crippen LogP contribution is 2.36. The van der Waals surface area contributed by atoms with Crippen LogP contribution in [0.1, 0.15) is 48.9 Å². The number of carbonyl (C=O) groups excluding carboxylic acids is 2. The second kappa shape index (κ2) is 11.6. The standard InChI is InChI=1S/C27H30F6N2O2/c1-3-20(4-2)25(37)35-11-9-34(10-12-35)23-7-5-18(6-8-23)15-24(36)16-19-13-21(26(28,29)30)17-22(14-19)27(31,32)33/h5-8,13-14,17,20H,3-4,9-12,15-16H2,1-2H3. The van der Waals surface area contributed by atoms with Gasteiger partial charge in [-0.3, -0.25) is 9.59 Å². The highest BCUT2D eigenvalue weighted by Gasteiger charge is 2.37. The Balaban J connectivity index is 1.61. The molecule has 2 aromatic carbocycles. The molecule has 0 N–H and O–H groups in total. The average Bonchev–Trinajstić information content (AvgIpc) is 2.84. The van der Waals surface area contributed by atoms with Crippen molar-refractivity contribution in [3.05, 3.63) is 64.7 Å². The minimum Gasteiger partial charge on any atom is -0.368 e. The molecule has 1 saturated heterocycles. The minimum absolute atomic E-state index is 0.0411.